The number of hydrogen-bond acceptors (Lipinski definition) is 4. The van der Waals surface area contributed by atoms with Crippen LogP contribution in [-0.4, -0.2) is 46.9 Å². The Bertz CT molecular complexity index is 364. The quantitative estimate of drug-likeness (QED) is 0.687. The normalized spacial score (nSPS) is 19.4. The molecule has 0 aliphatic carbocycles. The first kappa shape index (κ1) is 13.9. The molecule has 0 aromatic rings. The molecule has 0 fully saturated rings. The van der Waals surface area contributed by atoms with Gasteiger partial charge in [0.25, 0.3) is 5.91 Å². The van der Waals surface area contributed by atoms with Crippen LogP contribution in [0.1, 0.15) is 19.8 Å². The van der Waals surface area contributed by atoms with E-state index >= 15 is 0 Å². The Morgan fingerprint density at radius 3 is 2.82 bits per heavy atom. The fraction of sp³-hybridized carbons (Fsp3) is 0.636. The summed E-state index contributed by atoms with van der Waals surface area (Å²) in [5.74, 6) is -0.0646. The molecule has 5 nitrogen and oxygen atoms in total. The van der Waals surface area contributed by atoms with Gasteiger partial charge in [-0.15, -0.1) is 0 Å². The van der Waals surface area contributed by atoms with Gasteiger partial charge in [-0.2, -0.15) is 0 Å². The second-order valence-corrected chi connectivity index (χ2v) is 5.20. The van der Waals surface area contributed by atoms with Gasteiger partial charge in [-0.25, -0.2) is 0 Å². The molecule has 0 saturated heterocycles. The molecular formula is C11H17NO4S. The standard InChI is InChI=1S/C11H17NO4S/c1-3-16-10(13)7-12(2)11(14)9-5-4-6-17(15)8-9/h8H,3-7H2,1-2H3. The molecule has 1 atom stereocenters. The molecule has 1 unspecified atom stereocenters. The molecule has 17 heavy (non-hydrogen) atoms. The van der Waals surface area contributed by atoms with E-state index in [4.69, 9.17) is 4.74 Å². The van der Waals surface area contributed by atoms with E-state index < -0.39 is 16.8 Å². The summed E-state index contributed by atoms with van der Waals surface area (Å²) in [6, 6.07) is 0. The minimum atomic E-state index is -1.05. The van der Waals surface area contributed by atoms with Gasteiger partial charge in [-0.1, -0.05) is 0 Å². The zero-order valence-electron chi connectivity index (χ0n) is 10.1. The minimum Gasteiger partial charge on any atom is -0.465 e. The zero-order valence-corrected chi connectivity index (χ0v) is 10.9. The van der Waals surface area contributed by atoms with Crippen LogP contribution in [-0.2, 0) is 25.1 Å². The van der Waals surface area contributed by atoms with Crippen LogP contribution < -0.4 is 0 Å². The van der Waals surface area contributed by atoms with E-state index in [0.717, 1.165) is 6.42 Å². The topological polar surface area (TPSA) is 63.7 Å². The van der Waals surface area contributed by atoms with E-state index in [0.29, 0.717) is 24.4 Å². The maximum Gasteiger partial charge on any atom is 0.325 e. The van der Waals surface area contributed by atoms with Crippen molar-refractivity contribution < 1.29 is 18.5 Å². The lowest BCUT2D eigenvalue weighted by molar-refractivity contribution is -0.147. The van der Waals surface area contributed by atoms with Gasteiger partial charge in [0.1, 0.15) is 6.54 Å². The molecule has 0 radical (unpaired) electrons. The van der Waals surface area contributed by atoms with Crippen LogP contribution in [0.5, 0.6) is 0 Å². The predicted octanol–water partition coefficient (Wildman–Crippen LogP) is 0.434. The number of esters is 1. The third-order valence-electron chi connectivity index (χ3n) is 2.36. The first-order valence-corrected chi connectivity index (χ1v) is 6.91. The van der Waals surface area contributed by atoms with E-state index in [1.165, 1.54) is 17.4 Å². The number of nitrogens with zero attached hydrogens (tertiary/aromatic N) is 1. The lowest BCUT2D eigenvalue weighted by Gasteiger charge is -2.19. The maximum absolute atomic E-state index is 11.9. The van der Waals surface area contributed by atoms with Crippen molar-refractivity contribution in [3.63, 3.8) is 0 Å². The number of ether oxygens (including phenoxy) is 1. The average Bonchev–Trinajstić information content (AvgIpc) is 2.28. The Morgan fingerprint density at radius 1 is 1.53 bits per heavy atom. The fourth-order valence-electron chi connectivity index (χ4n) is 1.56. The zero-order chi connectivity index (χ0) is 12.8. The molecule has 0 saturated carbocycles. The highest BCUT2D eigenvalue weighted by Crippen LogP contribution is 2.16. The lowest BCUT2D eigenvalue weighted by atomic mass is 10.1. The number of likely N-dealkylation sites (N-methyl/N-ethyl adjacent to an activating group) is 1. The van der Waals surface area contributed by atoms with Crippen molar-refractivity contribution in [2.45, 2.75) is 19.8 Å². The smallest absolute Gasteiger partial charge is 0.325 e. The van der Waals surface area contributed by atoms with Crippen molar-refractivity contribution in [1.82, 2.24) is 4.90 Å². The summed E-state index contributed by atoms with van der Waals surface area (Å²) in [5, 5.41) is 1.49. The molecule has 1 aliphatic rings. The van der Waals surface area contributed by atoms with Crippen LogP contribution in [0.15, 0.2) is 11.0 Å². The van der Waals surface area contributed by atoms with Gasteiger partial charge in [-0.3, -0.25) is 13.8 Å². The summed E-state index contributed by atoms with van der Waals surface area (Å²) in [4.78, 5) is 24.4. The first-order chi connectivity index (χ1) is 8.04. The van der Waals surface area contributed by atoms with Gasteiger partial charge in [0.15, 0.2) is 0 Å². The Kier molecular flexibility index (Phi) is 5.34. The molecule has 6 heteroatoms. The molecule has 1 amide bonds. The van der Waals surface area contributed by atoms with Gasteiger partial charge in [0.2, 0.25) is 0 Å². The van der Waals surface area contributed by atoms with Crippen molar-refractivity contribution in [2.75, 3.05) is 26.0 Å². The summed E-state index contributed by atoms with van der Waals surface area (Å²) < 4.78 is 16.1. The van der Waals surface area contributed by atoms with Gasteiger partial charge in [-0.05, 0) is 19.8 Å². The van der Waals surface area contributed by atoms with Crippen molar-refractivity contribution in [1.29, 1.82) is 0 Å². The number of rotatable bonds is 4. The van der Waals surface area contributed by atoms with Gasteiger partial charge in [0, 0.05) is 34.6 Å². The summed E-state index contributed by atoms with van der Waals surface area (Å²) in [5.41, 5.74) is 0.529. The van der Waals surface area contributed by atoms with Crippen molar-refractivity contribution in [3.8, 4) is 0 Å². The molecule has 0 aromatic carbocycles. The maximum atomic E-state index is 11.9. The van der Waals surface area contributed by atoms with Gasteiger partial charge >= 0.3 is 5.97 Å². The average molecular weight is 259 g/mol. The van der Waals surface area contributed by atoms with Crippen LogP contribution in [0, 0.1) is 0 Å². The number of carbonyl (C=O) groups excluding carboxylic acids is 2. The number of hydrogen-bond donors (Lipinski definition) is 0. The second kappa shape index (κ2) is 6.54. The summed E-state index contributed by atoms with van der Waals surface area (Å²) in [6.07, 6.45) is 1.37. The van der Waals surface area contributed by atoms with Crippen LogP contribution in [0.25, 0.3) is 0 Å². The third-order valence-corrected chi connectivity index (χ3v) is 3.60. The SMILES string of the molecule is CCOC(=O)CN(C)C(=O)C1=CS(=O)CCC1. The predicted molar refractivity (Wildman–Crippen MR) is 64.6 cm³/mol. The molecular weight excluding hydrogens is 242 g/mol. The van der Waals surface area contributed by atoms with E-state index in [1.54, 1.807) is 6.92 Å². The molecule has 0 bridgehead atoms. The van der Waals surface area contributed by atoms with E-state index in [-0.39, 0.29) is 12.5 Å². The Hall–Kier alpha value is -1.17. The Labute approximate surface area is 103 Å². The van der Waals surface area contributed by atoms with Crippen LogP contribution in [0.2, 0.25) is 0 Å². The van der Waals surface area contributed by atoms with E-state index in [1.807, 2.05) is 0 Å². The van der Waals surface area contributed by atoms with Crippen LogP contribution in [0.4, 0.5) is 0 Å². The number of amides is 1. The largest absolute Gasteiger partial charge is 0.465 e. The summed E-state index contributed by atoms with van der Waals surface area (Å²) in [7, 11) is 0.490. The molecule has 1 rings (SSSR count). The van der Waals surface area contributed by atoms with E-state index in [9.17, 15) is 13.8 Å². The van der Waals surface area contributed by atoms with Gasteiger partial charge in [0.05, 0.1) is 6.61 Å². The molecule has 0 spiro atoms. The Morgan fingerprint density at radius 2 is 2.24 bits per heavy atom. The van der Waals surface area contributed by atoms with Crippen LogP contribution in [0.3, 0.4) is 0 Å². The van der Waals surface area contributed by atoms with Crippen LogP contribution >= 0.6 is 0 Å². The highest BCUT2D eigenvalue weighted by Gasteiger charge is 2.20. The second-order valence-electron chi connectivity index (χ2n) is 3.80. The molecule has 0 N–H and O–H groups in total. The van der Waals surface area contributed by atoms with Gasteiger partial charge < -0.3 is 9.64 Å². The number of carbonyl (C=O) groups is 2. The lowest BCUT2D eigenvalue weighted by Crippen LogP contribution is -2.34. The summed E-state index contributed by atoms with van der Waals surface area (Å²) >= 11 is 0. The van der Waals surface area contributed by atoms with E-state index in [2.05, 4.69) is 0 Å². The minimum absolute atomic E-state index is 0.0728. The molecule has 0 aromatic heterocycles. The molecule has 1 aliphatic heterocycles. The Balaban J connectivity index is 2.57. The fourth-order valence-corrected chi connectivity index (χ4v) is 2.64. The first-order valence-electron chi connectivity index (χ1n) is 5.53. The highest BCUT2D eigenvalue weighted by molar-refractivity contribution is 7.88. The van der Waals surface area contributed by atoms with Crippen molar-refractivity contribution in [3.05, 3.63) is 11.0 Å². The monoisotopic (exact) mass is 259 g/mol. The molecule has 96 valence electrons. The van der Waals surface area contributed by atoms with Crippen molar-refractivity contribution >= 4 is 22.7 Å². The third kappa shape index (κ3) is 4.30. The summed E-state index contributed by atoms with van der Waals surface area (Å²) in [6.45, 7) is 1.94. The van der Waals surface area contributed by atoms with Crippen molar-refractivity contribution in [2.24, 2.45) is 0 Å². The molecule has 1 heterocycles. The highest BCUT2D eigenvalue weighted by atomic mass is 32.2.